The molecule has 5 heteroatoms. The van der Waals surface area contributed by atoms with Crippen molar-refractivity contribution < 1.29 is 4.74 Å². The molecule has 2 rings (SSSR count). The molecule has 0 aliphatic carbocycles. The van der Waals surface area contributed by atoms with E-state index in [2.05, 4.69) is 25.9 Å². The van der Waals surface area contributed by atoms with Gasteiger partial charge in [-0.25, -0.2) is 4.98 Å². The second kappa shape index (κ2) is 4.77. The van der Waals surface area contributed by atoms with E-state index in [-0.39, 0.29) is 0 Å². The Labute approximate surface area is 101 Å². The van der Waals surface area contributed by atoms with E-state index >= 15 is 0 Å². The Bertz CT molecular complexity index is 478. The van der Waals surface area contributed by atoms with Crippen molar-refractivity contribution >= 4 is 38.6 Å². The molecule has 0 saturated carbocycles. The van der Waals surface area contributed by atoms with Crippen molar-refractivity contribution in [1.82, 2.24) is 9.97 Å². The Morgan fingerprint density at radius 1 is 1.40 bits per heavy atom. The van der Waals surface area contributed by atoms with Gasteiger partial charge in [0, 0.05) is 17.6 Å². The van der Waals surface area contributed by atoms with E-state index in [1.807, 2.05) is 6.07 Å². The minimum absolute atomic E-state index is 0.604. The van der Waals surface area contributed by atoms with Crippen LogP contribution in [-0.4, -0.2) is 21.9 Å². The lowest BCUT2D eigenvalue weighted by atomic mass is 10.3. The average molecular weight is 288 g/mol. The molecule has 0 amide bonds. The van der Waals surface area contributed by atoms with Crippen LogP contribution in [-0.2, 0) is 0 Å². The molecule has 0 fully saturated rings. The van der Waals surface area contributed by atoms with Gasteiger partial charge in [0.2, 0.25) is 0 Å². The van der Waals surface area contributed by atoms with E-state index < -0.39 is 0 Å². The lowest BCUT2D eigenvalue weighted by Crippen LogP contribution is -1.98. The fraction of sp³-hybridized carbons (Fsp3) is 0.200. The summed E-state index contributed by atoms with van der Waals surface area (Å²) in [5, 5.41) is 1.39. The molecule has 0 radical (unpaired) electrons. The number of aromatic nitrogens is 2. The van der Waals surface area contributed by atoms with Crippen molar-refractivity contribution in [3.8, 4) is 5.75 Å². The van der Waals surface area contributed by atoms with Crippen LogP contribution in [0.3, 0.4) is 0 Å². The Morgan fingerprint density at radius 2 is 2.27 bits per heavy atom. The molecule has 0 bridgehead atoms. The number of halogens is 2. The van der Waals surface area contributed by atoms with Gasteiger partial charge >= 0.3 is 0 Å². The van der Waals surface area contributed by atoms with Crippen LogP contribution in [0, 0.1) is 0 Å². The summed E-state index contributed by atoms with van der Waals surface area (Å²) in [6.45, 7) is 0.605. The van der Waals surface area contributed by atoms with Crippen LogP contribution in [0.25, 0.3) is 11.0 Å². The Balaban J connectivity index is 2.39. The molecule has 3 nitrogen and oxygen atoms in total. The van der Waals surface area contributed by atoms with Crippen molar-refractivity contribution in [1.29, 1.82) is 0 Å². The number of alkyl halides is 1. The first-order valence-electron chi connectivity index (χ1n) is 4.40. The Morgan fingerprint density at radius 3 is 3.07 bits per heavy atom. The summed E-state index contributed by atoms with van der Waals surface area (Å²) >= 11 is 9.25. The predicted molar refractivity (Wildman–Crippen MR) is 63.8 cm³/mol. The molecular formula is C10H8BrClN2O. The highest BCUT2D eigenvalue weighted by atomic mass is 79.9. The van der Waals surface area contributed by atoms with Gasteiger partial charge in [-0.15, -0.1) is 0 Å². The second-order valence-electron chi connectivity index (χ2n) is 2.87. The van der Waals surface area contributed by atoms with Crippen molar-refractivity contribution in [2.75, 3.05) is 11.9 Å². The first kappa shape index (κ1) is 10.6. The summed E-state index contributed by atoms with van der Waals surface area (Å²) in [6, 6.07) is 3.55. The fourth-order valence-electron chi connectivity index (χ4n) is 1.21. The maximum atomic E-state index is 5.96. The van der Waals surface area contributed by atoms with Crippen LogP contribution in [0.4, 0.5) is 0 Å². The van der Waals surface area contributed by atoms with Gasteiger partial charge in [-0.3, -0.25) is 4.98 Å². The molecule has 0 aromatic carbocycles. The first-order valence-corrected chi connectivity index (χ1v) is 5.90. The molecule has 15 heavy (non-hydrogen) atoms. The summed E-state index contributed by atoms with van der Waals surface area (Å²) in [5.74, 6) is 0.705. The molecule has 0 atom stereocenters. The van der Waals surface area contributed by atoms with Crippen LogP contribution in [0.1, 0.15) is 0 Å². The lowest BCUT2D eigenvalue weighted by molar-refractivity contribution is 0.344. The minimum atomic E-state index is 0.604. The van der Waals surface area contributed by atoms with Crippen LogP contribution in [0.2, 0.25) is 5.02 Å². The van der Waals surface area contributed by atoms with Gasteiger partial charge in [0.05, 0.1) is 23.3 Å². The van der Waals surface area contributed by atoms with Crippen LogP contribution < -0.4 is 4.74 Å². The molecule has 78 valence electrons. The van der Waals surface area contributed by atoms with Crippen LogP contribution in [0.5, 0.6) is 5.75 Å². The average Bonchev–Trinajstić information content (AvgIpc) is 2.26. The predicted octanol–water partition coefficient (Wildman–Crippen LogP) is 3.06. The zero-order valence-corrected chi connectivity index (χ0v) is 10.1. The van der Waals surface area contributed by atoms with Gasteiger partial charge in [0.15, 0.2) is 0 Å². The third-order valence-corrected chi connectivity index (χ3v) is 2.48. The summed E-state index contributed by atoms with van der Waals surface area (Å²) in [7, 11) is 0. The Hall–Kier alpha value is -0.870. The van der Waals surface area contributed by atoms with Gasteiger partial charge in [-0.2, -0.15) is 0 Å². The topological polar surface area (TPSA) is 35.0 Å². The molecule has 0 saturated heterocycles. The fourth-order valence-corrected chi connectivity index (χ4v) is 1.58. The molecule has 2 heterocycles. The number of ether oxygens (including phenoxy) is 1. The SMILES string of the molecule is Clc1ccnc2cc(OCCBr)cnc12. The highest BCUT2D eigenvalue weighted by molar-refractivity contribution is 9.09. The number of pyridine rings is 2. The maximum absolute atomic E-state index is 5.96. The van der Waals surface area contributed by atoms with Gasteiger partial charge in [0.1, 0.15) is 11.3 Å². The largest absolute Gasteiger partial charge is 0.491 e. The summed E-state index contributed by atoms with van der Waals surface area (Å²) < 4.78 is 5.41. The number of fused-ring (bicyclic) bond motifs is 1. The summed E-state index contributed by atoms with van der Waals surface area (Å²) in [5.41, 5.74) is 1.44. The van der Waals surface area contributed by atoms with Crippen molar-refractivity contribution in [3.05, 3.63) is 29.5 Å². The van der Waals surface area contributed by atoms with Crippen molar-refractivity contribution in [2.45, 2.75) is 0 Å². The highest BCUT2D eigenvalue weighted by Gasteiger charge is 2.02. The van der Waals surface area contributed by atoms with E-state index in [4.69, 9.17) is 16.3 Å². The third-order valence-electron chi connectivity index (χ3n) is 1.85. The van der Waals surface area contributed by atoms with Crippen molar-refractivity contribution in [2.24, 2.45) is 0 Å². The number of rotatable bonds is 3. The molecule has 0 spiro atoms. The van der Waals surface area contributed by atoms with Crippen LogP contribution in [0.15, 0.2) is 24.5 Å². The number of hydrogen-bond acceptors (Lipinski definition) is 3. The zero-order valence-electron chi connectivity index (χ0n) is 7.78. The van der Waals surface area contributed by atoms with E-state index in [9.17, 15) is 0 Å². The van der Waals surface area contributed by atoms with Crippen LogP contribution >= 0.6 is 27.5 Å². The molecule has 0 unspecified atom stereocenters. The van der Waals surface area contributed by atoms with Gasteiger partial charge in [-0.05, 0) is 6.07 Å². The maximum Gasteiger partial charge on any atom is 0.139 e. The lowest BCUT2D eigenvalue weighted by Gasteiger charge is -2.04. The second-order valence-corrected chi connectivity index (χ2v) is 4.07. The number of hydrogen-bond donors (Lipinski definition) is 0. The quantitative estimate of drug-likeness (QED) is 0.814. The molecule has 0 N–H and O–H groups in total. The minimum Gasteiger partial charge on any atom is -0.491 e. The third kappa shape index (κ3) is 2.38. The highest BCUT2D eigenvalue weighted by Crippen LogP contribution is 2.22. The normalized spacial score (nSPS) is 10.5. The summed E-state index contributed by atoms with van der Waals surface area (Å²) in [6.07, 6.45) is 3.30. The van der Waals surface area contributed by atoms with Gasteiger partial charge in [-0.1, -0.05) is 27.5 Å². The molecule has 0 aliphatic rings. The van der Waals surface area contributed by atoms with E-state index in [1.165, 1.54) is 0 Å². The first-order chi connectivity index (χ1) is 7.31. The molecular weight excluding hydrogens is 279 g/mol. The van der Waals surface area contributed by atoms with Crippen molar-refractivity contribution in [3.63, 3.8) is 0 Å². The van der Waals surface area contributed by atoms with Gasteiger partial charge < -0.3 is 4.74 Å². The molecule has 2 aromatic rings. The van der Waals surface area contributed by atoms with E-state index in [0.717, 1.165) is 10.8 Å². The molecule has 2 aromatic heterocycles. The van der Waals surface area contributed by atoms with Gasteiger partial charge in [0.25, 0.3) is 0 Å². The van der Waals surface area contributed by atoms with E-state index in [1.54, 1.807) is 18.5 Å². The standard InChI is InChI=1S/C10H8BrClN2O/c11-2-4-15-7-5-9-10(14-6-7)8(12)1-3-13-9/h1,3,5-6H,2,4H2. The summed E-state index contributed by atoms with van der Waals surface area (Å²) in [4.78, 5) is 8.37. The Kier molecular flexibility index (Phi) is 3.38. The smallest absolute Gasteiger partial charge is 0.139 e. The monoisotopic (exact) mass is 286 g/mol. The molecule has 0 aliphatic heterocycles. The number of nitrogens with zero attached hydrogens (tertiary/aromatic N) is 2. The van der Waals surface area contributed by atoms with E-state index in [0.29, 0.717) is 22.9 Å². The zero-order chi connectivity index (χ0) is 10.7.